The lowest BCUT2D eigenvalue weighted by atomic mass is 9.98. The summed E-state index contributed by atoms with van der Waals surface area (Å²) >= 11 is 0. The number of benzene rings is 2. The zero-order valence-corrected chi connectivity index (χ0v) is 15.4. The Bertz CT molecular complexity index is 794. The second kappa shape index (κ2) is 9.34. The van der Waals surface area contributed by atoms with Crippen LogP contribution in [-0.2, 0) is 9.53 Å². The van der Waals surface area contributed by atoms with Crippen molar-refractivity contribution in [1.29, 1.82) is 0 Å². The molecule has 7 heteroatoms. The van der Waals surface area contributed by atoms with Gasteiger partial charge < -0.3 is 25.6 Å². The third-order valence-corrected chi connectivity index (χ3v) is 4.71. The van der Waals surface area contributed by atoms with Gasteiger partial charge in [0.2, 0.25) is 5.91 Å². The van der Waals surface area contributed by atoms with Gasteiger partial charge in [-0.15, -0.1) is 0 Å². The van der Waals surface area contributed by atoms with E-state index >= 15 is 0 Å². The molecule has 0 saturated carbocycles. The molecule has 0 radical (unpaired) electrons. The average molecular weight is 384 g/mol. The molecular formula is C21H24N2O5. The average Bonchev–Trinajstić information content (AvgIpc) is 3.04. The number of amides is 2. The van der Waals surface area contributed by atoms with E-state index in [1.165, 1.54) is 0 Å². The highest BCUT2D eigenvalue weighted by atomic mass is 16.5. The minimum atomic E-state index is -0.987. The maximum absolute atomic E-state index is 12.0. The first kappa shape index (κ1) is 19.9. The van der Waals surface area contributed by atoms with E-state index in [0.29, 0.717) is 0 Å². The van der Waals surface area contributed by atoms with Gasteiger partial charge >= 0.3 is 6.09 Å². The molecule has 0 unspecified atom stereocenters. The van der Waals surface area contributed by atoms with Crippen molar-refractivity contribution in [1.82, 2.24) is 10.6 Å². The number of hydrogen-bond donors (Lipinski definition) is 4. The van der Waals surface area contributed by atoms with Crippen molar-refractivity contribution in [3.8, 4) is 11.1 Å². The third-order valence-electron chi connectivity index (χ3n) is 4.71. The van der Waals surface area contributed by atoms with Crippen LogP contribution in [0.2, 0.25) is 0 Å². The highest BCUT2D eigenvalue weighted by molar-refractivity contribution is 5.79. The van der Waals surface area contributed by atoms with Crippen LogP contribution in [0.3, 0.4) is 0 Å². The Balaban J connectivity index is 1.47. The normalized spacial score (nSPS) is 13.4. The molecule has 2 aromatic carbocycles. The van der Waals surface area contributed by atoms with Crippen molar-refractivity contribution in [3.63, 3.8) is 0 Å². The van der Waals surface area contributed by atoms with Crippen LogP contribution in [0.25, 0.3) is 11.1 Å². The van der Waals surface area contributed by atoms with Crippen LogP contribution in [0.1, 0.15) is 23.5 Å². The van der Waals surface area contributed by atoms with Gasteiger partial charge in [-0.05, 0) is 22.3 Å². The molecule has 7 nitrogen and oxygen atoms in total. The monoisotopic (exact) mass is 384 g/mol. The number of nitrogens with one attached hydrogen (secondary N) is 2. The number of aliphatic hydroxyl groups is 2. The standard InChI is InChI=1S/C21H24N2O5/c24-12-14(25)11-23-20(26)9-10-22-21(27)28-13-19-17-7-3-1-5-15(17)16-6-2-4-8-18(16)19/h1-8,14,19,24-25H,9-13H2,(H,22,27)(H,23,26)/t14-/m1/s1. The summed E-state index contributed by atoms with van der Waals surface area (Å²) in [4.78, 5) is 23.6. The van der Waals surface area contributed by atoms with Crippen LogP contribution in [0.5, 0.6) is 0 Å². The Morgan fingerprint density at radius 1 is 1.00 bits per heavy atom. The van der Waals surface area contributed by atoms with E-state index in [0.717, 1.165) is 22.3 Å². The molecule has 0 aromatic heterocycles. The van der Waals surface area contributed by atoms with Gasteiger partial charge in [0.25, 0.3) is 0 Å². The van der Waals surface area contributed by atoms with Crippen molar-refractivity contribution in [2.24, 2.45) is 0 Å². The van der Waals surface area contributed by atoms with Crippen LogP contribution in [-0.4, -0.2) is 54.6 Å². The van der Waals surface area contributed by atoms with E-state index in [2.05, 4.69) is 22.8 Å². The molecule has 0 fully saturated rings. The van der Waals surface area contributed by atoms with Gasteiger partial charge in [-0.2, -0.15) is 0 Å². The lowest BCUT2D eigenvalue weighted by molar-refractivity contribution is -0.121. The molecule has 0 spiro atoms. The quantitative estimate of drug-likeness (QED) is 0.550. The van der Waals surface area contributed by atoms with E-state index < -0.39 is 18.8 Å². The number of ether oxygens (including phenoxy) is 1. The van der Waals surface area contributed by atoms with Gasteiger partial charge in [0.1, 0.15) is 6.61 Å². The molecule has 1 aliphatic rings. The van der Waals surface area contributed by atoms with Crippen molar-refractivity contribution in [3.05, 3.63) is 59.7 Å². The minimum Gasteiger partial charge on any atom is -0.449 e. The first-order valence-corrected chi connectivity index (χ1v) is 9.24. The molecule has 1 aliphatic carbocycles. The molecule has 0 heterocycles. The maximum atomic E-state index is 12.0. The van der Waals surface area contributed by atoms with E-state index in [1.807, 2.05) is 36.4 Å². The van der Waals surface area contributed by atoms with Crippen LogP contribution in [0, 0.1) is 0 Å². The Hall–Kier alpha value is -2.90. The van der Waals surface area contributed by atoms with E-state index in [-0.39, 0.29) is 37.9 Å². The predicted octanol–water partition coefficient (Wildman–Crippen LogP) is 1.38. The molecule has 148 valence electrons. The molecule has 1 atom stereocenters. The molecule has 2 amide bonds. The van der Waals surface area contributed by atoms with Gasteiger partial charge in [-0.3, -0.25) is 4.79 Å². The molecule has 4 N–H and O–H groups in total. The third kappa shape index (κ3) is 4.68. The van der Waals surface area contributed by atoms with Gasteiger partial charge in [-0.25, -0.2) is 4.79 Å². The molecule has 0 bridgehead atoms. The lowest BCUT2D eigenvalue weighted by Gasteiger charge is -2.14. The topological polar surface area (TPSA) is 108 Å². The Morgan fingerprint density at radius 3 is 2.21 bits per heavy atom. The van der Waals surface area contributed by atoms with Crippen LogP contribution in [0.4, 0.5) is 4.79 Å². The van der Waals surface area contributed by atoms with Gasteiger partial charge in [-0.1, -0.05) is 48.5 Å². The Kier molecular flexibility index (Phi) is 6.62. The van der Waals surface area contributed by atoms with E-state index in [4.69, 9.17) is 9.84 Å². The molecule has 28 heavy (non-hydrogen) atoms. The van der Waals surface area contributed by atoms with Gasteiger partial charge in [0.15, 0.2) is 0 Å². The summed E-state index contributed by atoms with van der Waals surface area (Å²) in [6.45, 7) is -0.106. The number of aliphatic hydroxyl groups excluding tert-OH is 2. The number of carbonyl (C=O) groups excluding carboxylic acids is 2. The number of hydrogen-bond acceptors (Lipinski definition) is 5. The number of alkyl carbamates (subject to hydrolysis) is 1. The molecular weight excluding hydrogens is 360 g/mol. The van der Waals surface area contributed by atoms with Crippen LogP contribution in [0.15, 0.2) is 48.5 Å². The summed E-state index contributed by atoms with van der Waals surface area (Å²) in [7, 11) is 0. The van der Waals surface area contributed by atoms with Crippen molar-refractivity contribution in [2.45, 2.75) is 18.4 Å². The smallest absolute Gasteiger partial charge is 0.407 e. The van der Waals surface area contributed by atoms with E-state index in [1.54, 1.807) is 0 Å². The van der Waals surface area contributed by atoms with Crippen molar-refractivity contribution < 1.29 is 24.5 Å². The second-order valence-corrected chi connectivity index (χ2v) is 6.64. The molecule has 0 aliphatic heterocycles. The summed E-state index contributed by atoms with van der Waals surface area (Å²) in [5.41, 5.74) is 4.60. The minimum absolute atomic E-state index is 0.0126. The number of carbonyl (C=O) groups is 2. The Labute approximate surface area is 163 Å². The zero-order chi connectivity index (χ0) is 19.9. The van der Waals surface area contributed by atoms with Crippen LogP contribution < -0.4 is 10.6 Å². The lowest BCUT2D eigenvalue weighted by Crippen LogP contribution is -2.36. The van der Waals surface area contributed by atoms with Crippen LogP contribution >= 0.6 is 0 Å². The summed E-state index contributed by atoms with van der Waals surface area (Å²) < 4.78 is 5.38. The molecule has 3 rings (SSSR count). The molecule has 2 aromatic rings. The maximum Gasteiger partial charge on any atom is 0.407 e. The fourth-order valence-electron chi connectivity index (χ4n) is 3.31. The number of rotatable bonds is 8. The fourth-order valence-corrected chi connectivity index (χ4v) is 3.31. The zero-order valence-electron chi connectivity index (χ0n) is 15.4. The predicted molar refractivity (Wildman–Crippen MR) is 104 cm³/mol. The largest absolute Gasteiger partial charge is 0.449 e. The highest BCUT2D eigenvalue weighted by Crippen LogP contribution is 2.44. The highest BCUT2D eigenvalue weighted by Gasteiger charge is 2.28. The van der Waals surface area contributed by atoms with Crippen molar-refractivity contribution in [2.75, 3.05) is 26.3 Å². The Morgan fingerprint density at radius 2 is 1.61 bits per heavy atom. The first-order valence-electron chi connectivity index (χ1n) is 9.24. The van der Waals surface area contributed by atoms with E-state index in [9.17, 15) is 14.7 Å². The van der Waals surface area contributed by atoms with Gasteiger partial charge in [0.05, 0.1) is 12.7 Å². The molecule has 0 saturated heterocycles. The fraction of sp³-hybridized carbons (Fsp3) is 0.333. The summed E-state index contributed by atoms with van der Waals surface area (Å²) in [6.07, 6.45) is -1.51. The summed E-state index contributed by atoms with van der Waals surface area (Å²) in [5.74, 6) is -0.340. The van der Waals surface area contributed by atoms with Gasteiger partial charge in [0, 0.05) is 25.4 Å². The second-order valence-electron chi connectivity index (χ2n) is 6.64. The summed E-state index contributed by atoms with van der Waals surface area (Å²) in [6, 6.07) is 16.2. The number of fused-ring (bicyclic) bond motifs is 3. The first-order chi connectivity index (χ1) is 13.6. The SMILES string of the molecule is O=C(CCNC(=O)OCC1c2ccccc2-c2ccccc21)NC[C@@H](O)CO. The summed E-state index contributed by atoms with van der Waals surface area (Å²) in [5, 5.41) is 22.9. The van der Waals surface area contributed by atoms with Crippen molar-refractivity contribution >= 4 is 12.0 Å².